The van der Waals surface area contributed by atoms with Crippen LogP contribution in [0.2, 0.25) is 0 Å². The van der Waals surface area contributed by atoms with Gasteiger partial charge in [-0.25, -0.2) is 4.79 Å². The lowest BCUT2D eigenvalue weighted by Gasteiger charge is -2.20. The highest BCUT2D eigenvalue weighted by Gasteiger charge is 2.33. The van der Waals surface area contributed by atoms with Crippen LogP contribution in [0.25, 0.3) is 0 Å². The van der Waals surface area contributed by atoms with Gasteiger partial charge >= 0.3 is 6.09 Å². The molecule has 1 aromatic rings. The van der Waals surface area contributed by atoms with Crippen molar-refractivity contribution in [3.63, 3.8) is 0 Å². The Hall–Kier alpha value is -1.51. The summed E-state index contributed by atoms with van der Waals surface area (Å²) in [7, 11) is 0. The van der Waals surface area contributed by atoms with E-state index in [0.29, 0.717) is 12.5 Å². The molecule has 1 aromatic carbocycles. The van der Waals surface area contributed by atoms with Crippen molar-refractivity contribution in [3.8, 4) is 0 Å². The zero-order valence-electron chi connectivity index (χ0n) is 10.4. The summed E-state index contributed by atoms with van der Waals surface area (Å²) in [6.45, 7) is 5.13. The Labute approximate surface area is 102 Å². The molecule has 0 aliphatic carbocycles. The van der Waals surface area contributed by atoms with E-state index in [2.05, 4.69) is 19.1 Å². The summed E-state index contributed by atoms with van der Waals surface area (Å²) in [5.41, 5.74) is 1.31. The van der Waals surface area contributed by atoms with Crippen molar-refractivity contribution in [3.05, 3.63) is 35.9 Å². The van der Waals surface area contributed by atoms with E-state index in [1.165, 1.54) is 5.56 Å². The lowest BCUT2D eigenvalue weighted by molar-refractivity contribution is 0.105. The number of hydrogen-bond donors (Lipinski definition) is 0. The SMILES string of the molecule is CCOC(=O)N1CC(c2ccccc2)CC1C. The quantitative estimate of drug-likeness (QED) is 0.785. The van der Waals surface area contributed by atoms with Crippen LogP contribution in [0.3, 0.4) is 0 Å². The molecule has 3 nitrogen and oxygen atoms in total. The molecule has 92 valence electrons. The molecule has 2 rings (SSSR count). The Morgan fingerprint density at radius 1 is 1.41 bits per heavy atom. The first kappa shape index (κ1) is 12.0. The molecule has 0 aromatic heterocycles. The van der Waals surface area contributed by atoms with Crippen LogP contribution >= 0.6 is 0 Å². The number of likely N-dealkylation sites (tertiary alicyclic amines) is 1. The zero-order chi connectivity index (χ0) is 12.3. The van der Waals surface area contributed by atoms with Gasteiger partial charge in [-0.1, -0.05) is 30.3 Å². The fourth-order valence-corrected chi connectivity index (χ4v) is 2.46. The van der Waals surface area contributed by atoms with Crippen molar-refractivity contribution in [2.24, 2.45) is 0 Å². The minimum atomic E-state index is -0.182. The van der Waals surface area contributed by atoms with Gasteiger partial charge in [-0.2, -0.15) is 0 Å². The Morgan fingerprint density at radius 3 is 2.76 bits per heavy atom. The van der Waals surface area contributed by atoms with Gasteiger partial charge in [0.05, 0.1) is 6.61 Å². The lowest BCUT2D eigenvalue weighted by Crippen LogP contribution is -2.34. The smallest absolute Gasteiger partial charge is 0.410 e. The maximum absolute atomic E-state index is 11.7. The molecule has 1 fully saturated rings. The highest BCUT2D eigenvalue weighted by molar-refractivity contribution is 5.68. The molecule has 0 radical (unpaired) electrons. The first-order valence-electron chi connectivity index (χ1n) is 6.20. The summed E-state index contributed by atoms with van der Waals surface area (Å²) < 4.78 is 5.07. The molecule has 0 N–H and O–H groups in total. The molecule has 3 heteroatoms. The molecule has 2 unspecified atom stereocenters. The monoisotopic (exact) mass is 233 g/mol. The number of amides is 1. The van der Waals surface area contributed by atoms with Gasteiger partial charge in [0.15, 0.2) is 0 Å². The van der Waals surface area contributed by atoms with Crippen molar-refractivity contribution in [2.45, 2.75) is 32.2 Å². The molecule has 1 aliphatic heterocycles. The maximum Gasteiger partial charge on any atom is 0.410 e. The van der Waals surface area contributed by atoms with Gasteiger partial charge in [0.25, 0.3) is 0 Å². The molecular weight excluding hydrogens is 214 g/mol. The second-order valence-corrected chi connectivity index (χ2v) is 4.54. The Kier molecular flexibility index (Phi) is 3.67. The number of ether oxygens (including phenoxy) is 1. The lowest BCUT2D eigenvalue weighted by atomic mass is 9.97. The predicted molar refractivity (Wildman–Crippen MR) is 67.0 cm³/mol. The highest BCUT2D eigenvalue weighted by Crippen LogP contribution is 2.31. The molecule has 0 bridgehead atoms. The first-order valence-corrected chi connectivity index (χ1v) is 6.20. The predicted octanol–water partition coefficient (Wildman–Crippen LogP) is 3.02. The summed E-state index contributed by atoms with van der Waals surface area (Å²) >= 11 is 0. The minimum Gasteiger partial charge on any atom is -0.450 e. The summed E-state index contributed by atoms with van der Waals surface area (Å²) in [5.74, 6) is 0.440. The van der Waals surface area contributed by atoms with Crippen LogP contribution in [0.5, 0.6) is 0 Å². The molecule has 1 saturated heterocycles. The van der Waals surface area contributed by atoms with E-state index in [0.717, 1.165) is 13.0 Å². The third kappa shape index (κ3) is 2.60. The summed E-state index contributed by atoms with van der Waals surface area (Å²) in [4.78, 5) is 13.6. The largest absolute Gasteiger partial charge is 0.450 e. The third-order valence-electron chi connectivity index (χ3n) is 3.35. The van der Waals surface area contributed by atoms with E-state index < -0.39 is 0 Å². The normalized spacial score (nSPS) is 23.8. The second kappa shape index (κ2) is 5.21. The molecule has 1 aliphatic rings. The molecular formula is C14H19NO2. The summed E-state index contributed by atoms with van der Waals surface area (Å²) in [5, 5.41) is 0. The number of nitrogens with zero attached hydrogens (tertiary/aromatic N) is 1. The average Bonchev–Trinajstić information content (AvgIpc) is 2.73. The van der Waals surface area contributed by atoms with Gasteiger partial charge in [0, 0.05) is 18.5 Å². The first-order chi connectivity index (χ1) is 8.22. The van der Waals surface area contributed by atoms with Crippen LogP contribution < -0.4 is 0 Å². The van der Waals surface area contributed by atoms with Crippen LogP contribution in [0, 0.1) is 0 Å². The van der Waals surface area contributed by atoms with Crippen LogP contribution in [0.4, 0.5) is 4.79 Å². The third-order valence-corrected chi connectivity index (χ3v) is 3.35. The number of carbonyl (C=O) groups excluding carboxylic acids is 1. The van der Waals surface area contributed by atoms with Crippen molar-refractivity contribution in [1.29, 1.82) is 0 Å². The molecule has 0 saturated carbocycles. The van der Waals surface area contributed by atoms with Crippen molar-refractivity contribution in [1.82, 2.24) is 4.90 Å². The standard InChI is InChI=1S/C14H19NO2/c1-3-17-14(16)15-10-13(9-11(15)2)12-7-5-4-6-8-12/h4-8,11,13H,3,9-10H2,1-2H3. The maximum atomic E-state index is 11.7. The van der Waals surface area contributed by atoms with Crippen molar-refractivity contribution >= 4 is 6.09 Å². The number of carbonyl (C=O) groups is 1. The molecule has 1 amide bonds. The summed E-state index contributed by atoms with van der Waals surface area (Å²) in [6, 6.07) is 10.6. The van der Waals surface area contributed by atoms with Crippen LogP contribution in [-0.4, -0.2) is 30.2 Å². The van der Waals surface area contributed by atoms with E-state index >= 15 is 0 Å². The number of rotatable bonds is 2. The Balaban J connectivity index is 2.04. The Morgan fingerprint density at radius 2 is 2.12 bits per heavy atom. The average molecular weight is 233 g/mol. The molecule has 2 atom stereocenters. The van der Waals surface area contributed by atoms with Gasteiger partial charge in [-0.3, -0.25) is 0 Å². The van der Waals surface area contributed by atoms with E-state index in [1.54, 1.807) is 0 Å². The second-order valence-electron chi connectivity index (χ2n) is 4.54. The Bertz CT molecular complexity index is 377. The van der Waals surface area contributed by atoms with E-state index in [-0.39, 0.29) is 12.1 Å². The zero-order valence-corrected chi connectivity index (χ0v) is 10.4. The summed E-state index contributed by atoms with van der Waals surface area (Å²) in [6.07, 6.45) is 0.835. The van der Waals surface area contributed by atoms with E-state index in [1.807, 2.05) is 30.0 Å². The van der Waals surface area contributed by atoms with E-state index in [9.17, 15) is 4.79 Å². The molecule has 1 heterocycles. The fraction of sp³-hybridized carbons (Fsp3) is 0.500. The minimum absolute atomic E-state index is 0.182. The van der Waals surface area contributed by atoms with Gasteiger partial charge in [0.1, 0.15) is 0 Å². The number of benzene rings is 1. The van der Waals surface area contributed by atoms with E-state index in [4.69, 9.17) is 4.74 Å². The highest BCUT2D eigenvalue weighted by atomic mass is 16.6. The fourth-order valence-electron chi connectivity index (χ4n) is 2.46. The van der Waals surface area contributed by atoms with Gasteiger partial charge < -0.3 is 9.64 Å². The van der Waals surface area contributed by atoms with Crippen LogP contribution in [0.1, 0.15) is 31.7 Å². The van der Waals surface area contributed by atoms with Gasteiger partial charge in [0.2, 0.25) is 0 Å². The topological polar surface area (TPSA) is 29.5 Å². The van der Waals surface area contributed by atoms with Crippen molar-refractivity contribution < 1.29 is 9.53 Å². The van der Waals surface area contributed by atoms with Gasteiger partial charge in [-0.05, 0) is 25.8 Å². The number of hydrogen-bond acceptors (Lipinski definition) is 2. The van der Waals surface area contributed by atoms with Gasteiger partial charge in [-0.15, -0.1) is 0 Å². The van der Waals surface area contributed by atoms with Crippen LogP contribution in [0.15, 0.2) is 30.3 Å². The van der Waals surface area contributed by atoms with Crippen molar-refractivity contribution in [2.75, 3.05) is 13.2 Å². The van der Waals surface area contributed by atoms with Crippen LogP contribution in [-0.2, 0) is 4.74 Å². The molecule has 17 heavy (non-hydrogen) atoms. The molecule has 0 spiro atoms.